The van der Waals surface area contributed by atoms with Crippen LogP contribution >= 0.6 is 0 Å². The quantitative estimate of drug-likeness (QED) is 0.330. The maximum Gasteiger partial charge on any atom is 0.319 e. The fourth-order valence-electron chi connectivity index (χ4n) is 2.12. The second-order valence-corrected chi connectivity index (χ2v) is 5.41. The highest BCUT2D eigenvalue weighted by atomic mass is 16.3. The predicted octanol–water partition coefficient (Wildman–Crippen LogP) is 4.82. The molecule has 2 amide bonds. The number of carbonyl (C=O) groups is 1. The van der Waals surface area contributed by atoms with Gasteiger partial charge in [-0.05, 0) is 37.1 Å². The number of phenols is 1. The molecule has 1 aromatic carbocycles. The number of hydrogen-bond acceptors (Lipinski definition) is 2. The zero-order valence-corrected chi connectivity index (χ0v) is 13.5. The van der Waals surface area contributed by atoms with E-state index < -0.39 is 0 Å². The summed E-state index contributed by atoms with van der Waals surface area (Å²) >= 11 is 0. The lowest BCUT2D eigenvalue weighted by molar-refractivity contribution is 0.253. The third-order valence-electron chi connectivity index (χ3n) is 3.40. The monoisotopic (exact) mass is 304 g/mol. The lowest BCUT2D eigenvalue weighted by Gasteiger charge is -2.05. The normalized spacial score (nSPS) is 10.8. The first-order valence-corrected chi connectivity index (χ1v) is 8.21. The third-order valence-corrected chi connectivity index (χ3v) is 3.40. The molecule has 22 heavy (non-hydrogen) atoms. The Hall–Kier alpha value is -1.97. The molecule has 4 heteroatoms. The van der Waals surface area contributed by atoms with Gasteiger partial charge in [-0.2, -0.15) is 0 Å². The van der Waals surface area contributed by atoms with Crippen molar-refractivity contribution >= 4 is 11.7 Å². The number of amides is 2. The number of urea groups is 1. The molecule has 0 aliphatic carbocycles. The van der Waals surface area contributed by atoms with E-state index in [1.54, 1.807) is 12.1 Å². The van der Waals surface area contributed by atoms with E-state index in [4.69, 9.17) is 5.11 Å². The first-order chi connectivity index (χ1) is 10.7. The molecule has 0 atom stereocenters. The fraction of sp³-hybridized carbons (Fsp3) is 0.500. The Labute approximate surface area is 133 Å². The van der Waals surface area contributed by atoms with Gasteiger partial charge in [0.1, 0.15) is 5.75 Å². The molecule has 0 aliphatic rings. The van der Waals surface area contributed by atoms with E-state index in [0.717, 1.165) is 6.42 Å². The predicted molar refractivity (Wildman–Crippen MR) is 92.3 cm³/mol. The zero-order valence-electron chi connectivity index (χ0n) is 13.5. The van der Waals surface area contributed by atoms with E-state index in [0.29, 0.717) is 12.2 Å². The van der Waals surface area contributed by atoms with Crippen molar-refractivity contribution in [2.75, 3.05) is 11.9 Å². The first kappa shape index (κ1) is 18.1. The van der Waals surface area contributed by atoms with Crippen molar-refractivity contribution < 1.29 is 9.90 Å². The van der Waals surface area contributed by atoms with E-state index in [-0.39, 0.29) is 11.8 Å². The summed E-state index contributed by atoms with van der Waals surface area (Å²) in [6.07, 6.45) is 13.0. The number of phenolic OH excluding ortho intramolecular Hbond substituents is 1. The number of hydrogen-bond donors (Lipinski definition) is 3. The van der Waals surface area contributed by atoms with E-state index in [9.17, 15) is 4.79 Å². The van der Waals surface area contributed by atoms with E-state index in [1.807, 2.05) is 6.08 Å². The molecule has 0 saturated heterocycles. The van der Waals surface area contributed by atoms with Gasteiger partial charge in [0.25, 0.3) is 0 Å². The Balaban J connectivity index is 2.02. The minimum Gasteiger partial charge on any atom is -0.508 e. The van der Waals surface area contributed by atoms with Crippen molar-refractivity contribution in [3.63, 3.8) is 0 Å². The van der Waals surface area contributed by atoms with Crippen LogP contribution in [0, 0.1) is 0 Å². The number of unbranched alkanes of at least 4 members (excludes halogenated alkanes) is 6. The van der Waals surface area contributed by atoms with Gasteiger partial charge in [0, 0.05) is 12.2 Å². The summed E-state index contributed by atoms with van der Waals surface area (Å²) in [6, 6.07) is 6.15. The lowest BCUT2D eigenvalue weighted by Crippen LogP contribution is -2.28. The zero-order chi connectivity index (χ0) is 16.0. The molecule has 0 fully saturated rings. The van der Waals surface area contributed by atoms with Crippen LogP contribution in [0.1, 0.15) is 51.9 Å². The van der Waals surface area contributed by atoms with Crippen LogP contribution < -0.4 is 10.6 Å². The Morgan fingerprint density at radius 3 is 2.45 bits per heavy atom. The second kappa shape index (κ2) is 11.7. The average Bonchev–Trinajstić information content (AvgIpc) is 2.51. The highest BCUT2D eigenvalue weighted by molar-refractivity contribution is 5.89. The minimum atomic E-state index is -0.241. The Kier molecular flexibility index (Phi) is 9.59. The number of aromatic hydroxyl groups is 1. The molecule has 0 spiro atoms. The van der Waals surface area contributed by atoms with Crippen molar-refractivity contribution in [2.24, 2.45) is 0 Å². The van der Waals surface area contributed by atoms with Gasteiger partial charge in [0.2, 0.25) is 0 Å². The van der Waals surface area contributed by atoms with Crippen LogP contribution in [0.15, 0.2) is 36.4 Å². The number of rotatable bonds is 10. The van der Waals surface area contributed by atoms with E-state index in [1.165, 1.54) is 50.7 Å². The molecular formula is C18H28N2O2. The largest absolute Gasteiger partial charge is 0.508 e. The maximum atomic E-state index is 11.6. The molecule has 0 radical (unpaired) electrons. The number of carbonyl (C=O) groups excluding carboxylic acids is 1. The number of nitrogens with one attached hydrogen (secondary N) is 2. The van der Waals surface area contributed by atoms with Crippen LogP contribution in [-0.2, 0) is 0 Å². The fourth-order valence-corrected chi connectivity index (χ4v) is 2.12. The molecule has 0 heterocycles. The van der Waals surface area contributed by atoms with Gasteiger partial charge in [-0.25, -0.2) is 4.79 Å². The van der Waals surface area contributed by atoms with Gasteiger partial charge in [-0.1, -0.05) is 51.2 Å². The van der Waals surface area contributed by atoms with Gasteiger partial charge in [-0.3, -0.25) is 0 Å². The van der Waals surface area contributed by atoms with Crippen molar-refractivity contribution in [3.8, 4) is 5.75 Å². The number of allylic oxidation sites excluding steroid dienone is 1. The average molecular weight is 304 g/mol. The summed E-state index contributed by atoms with van der Waals surface area (Å²) < 4.78 is 0. The summed E-state index contributed by atoms with van der Waals surface area (Å²) in [5.74, 6) is 0.184. The third kappa shape index (κ3) is 9.06. The standard InChI is InChI=1S/C18H28N2O2/c1-2-3-4-5-6-7-8-9-10-15-19-18(22)20-16-11-13-17(21)14-12-16/h9-14,21H,2-8,15H2,1H3,(H2,19,20,22)/b10-9+. The van der Waals surface area contributed by atoms with Crippen LogP contribution in [0.5, 0.6) is 5.75 Å². The molecule has 0 bridgehead atoms. The smallest absolute Gasteiger partial charge is 0.319 e. The van der Waals surface area contributed by atoms with Crippen LogP contribution in [0.4, 0.5) is 10.5 Å². The van der Waals surface area contributed by atoms with Gasteiger partial charge in [0.05, 0.1) is 0 Å². The summed E-state index contributed by atoms with van der Waals surface area (Å²) in [5, 5.41) is 14.6. The molecule has 1 rings (SSSR count). The molecule has 0 unspecified atom stereocenters. The van der Waals surface area contributed by atoms with Gasteiger partial charge < -0.3 is 15.7 Å². The second-order valence-electron chi connectivity index (χ2n) is 5.41. The van der Waals surface area contributed by atoms with Gasteiger partial charge >= 0.3 is 6.03 Å². The molecule has 0 aliphatic heterocycles. The first-order valence-electron chi connectivity index (χ1n) is 8.21. The molecule has 122 valence electrons. The van der Waals surface area contributed by atoms with Crippen LogP contribution in [0.25, 0.3) is 0 Å². The highest BCUT2D eigenvalue weighted by Crippen LogP contribution is 2.13. The molecule has 1 aromatic rings. The Bertz CT molecular complexity index is 441. The molecule has 0 saturated carbocycles. The van der Waals surface area contributed by atoms with Crippen LogP contribution in [0.2, 0.25) is 0 Å². The minimum absolute atomic E-state index is 0.184. The Morgan fingerprint density at radius 1 is 1.05 bits per heavy atom. The molecule has 4 nitrogen and oxygen atoms in total. The maximum absolute atomic E-state index is 11.6. The SMILES string of the molecule is CCCCCCCC/C=C/CNC(=O)Nc1ccc(O)cc1. The van der Waals surface area contributed by atoms with Crippen LogP contribution in [-0.4, -0.2) is 17.7 Å². The van der Waals surface area contributed by atoms with Crippen molar-refractivity contribution in [1.29, 1.82) is 0 Å². The summed E-state index contributed by atoms with van der Waals surface area (Å²) in [4.78, 5) is 11.6. The summed E-state index contributed by atoms with van der Waals surface area (Å²) in [6.45, 7) is 2.76. The molecular weight excluding hydrogens is 276 g/mol. The van der Waals surface area contributed by atoms with Gasteiger partial charge in [-0.15, -0.1) is 0 Å². The van der Waals surface area contributed by atoms with Gasteiger partial charge in [0.15, 0.2) is 0 Å². The molecule has 3 N–H and O–H groups in total. The number of benzene rings is 1. The van der Waals surface area contributed by atoms with E-state index in [2.05, 4.69) is 23.6 Å². The van der Waals surface area contributed by atoms with Crippen molar-refractivity contribution in [1.82, 2.24) is 5.32 Å². The van der Waals surface area contributed by atoms with Crippen molar-refractivity contribution in [2.45, 2.75) is 51.9 Å². The van der Waals surface area contributed by atoms with Crippen molar-refractivity contribution in [3.05, 3.63) is 36.4 Å². The highest BCUT2D eigenvalue weighted by Gasteiger charge is 1.99. The van der Waals surface area contributed by atoms with Crippen LogP contribution in [0.3, 0.4) is 0 Å². The number of anilines is 1. The topological polar surface area (TPSA) is 61.4 Å². The summed E-state index contributed by atoms with van der Waals surface area (Å²) in [7, 11) is 0. The summed E-state index contributed by atoms with van der Waals surface area (Å²) in [5.41, 5.74) is 0.659. The molecule has 0 aromatic heterocycles. The lowest BCUT2D eigenvalue weighted by atomic mass is 10.1. The van der Waals surface area contributed by atoms with E-state index >= 15 is 0 Å². The Morgan fingerprint density at radius 2 is 1.73 bits per heavy atom.